The number of nitrogens with zero attached hydrogens (tertiary/aromatic N) is 3. The maximum atomic E-state index is 12.7. The average Bonchev–Trinajstić information content (AvgIpc) is 3.26. The summed E-state index contributed by atoms with van der Waals surface area (Å²) in [5, 5.41) is 13.5. The molecule has 1 aliphatic heterocycles. The smallest absolute Gasteiger partial charge is 0.291 e. The van der Waals surface area contributed by atoms with E-state index in [1.807, 2.05) is 6.07 Å². The molecule has 0 atom stereocenters. The molecule has 0 bridgehead atoms. The van der Waals surface area contributed by atoms with Crippen molar-refractivity contribution in [1.29, 1.82) is 0 Å². The van der Waals surface area contributed by atoms with Gasteiger partial charge in [0.25, 0.3) is 5.91 Å². The molecule has 2 aromatic carbocycles. The van der Waals surface area contributed by atoms with E-state index in [1.54, 1.807) is 36.4 Å². The first-order chi connectivity index (χ1) is 14.6. The molecule has 0 unspecified atom stereocenters. The Balaban J connectivity index is 1.45. The van der Waals surface area contributed by atoms with Crippen LogP contribution in [-0.4, -0.2) is 20.7 Å². The van der Waals surface area contributed by atoms with Gasteiger partial charge in [0.05, 0.1) is 5.02 Å². The van der Waals surface area contributed by atoms with Gasteiger partial charge in [-0.25, -0.2) is 0 Å². The molecule has 152 valence electrons. The Morgan fingerprint density at radius 3 is 2.83 bits per heavy atom. The lowest BCUT2D eigenvalue weighted by Gasteiger charge is -2.10. The van der Waals surface area contributed by atoms with Crippen LogP contribution in [0.1, 0.15) is 35.6 Å². The Hall–Kier alpha value is -2.83. The van der Waals surface area contributed by atoms with Crippen LogP contribution in [0.25, 0.3) is 22.4 Å². The highest BCUT2D eigenvalue weighted by atomic mass is 35.5. The van der Waals surface area contributed by atoms with E-state index < -0.39 is 0 Å². The second-order valence-electron chi connectivity index (χ2n) is 7.34. The third-order valence-corrected chi connectivity index (χ3v) is 5.84. The first-order valence-corrected chi connectivity index (χ1v) is 10.6. The van der Waals surface area contributed by atoms with E-state index in [1.165, 1.54) is 6.42 Å². The molecular weight excluding hydrogens is 423 g/mol. The standard InChI is InChI=1S/C22H18Cl2N4O2/c23-14-5-8-18-13(10-14)11-19(30-18)22(29)25-15-6-7-17(24)16(12-15)21-27-26-20-4-2-1-3-9-28(20)21/h5-8,10-12H,1-4,9H2,(H,25,29). The van der Waals surface area contributed by atoms with Gasteiger partial charge in [-0.3, -0.25) is 4.79 Å². The van der Waals surface area contributed by atoms with E-state index in [0.717, 1.165) is 48.4 Å². The van der Waals surface area contributed by atoms with E-state index in [9.17, 15) is 4.79 Å². The molecule has 0 saturated carbocycles. The number of hydrogen-bond donors (Lipinski definition) is 1. The molecule has 1 amide bonds. The number of halogens is 2. The minimum atomic E-state index is -0.351. The highest BCUT2D eigenvalue weighted by Gasteiger charge is 2.19. The molecular formula is C22H18Cl2N4O2. The van der Waals surface area contributed by atoms with Crippen molar-refractivity contribution in [2.75, 3.05) is 5.32 Å². The van der Waals surface area contributed by atoms with E-state index in [2.05, 4.69) is 20.1 Å². The number of aryl methyl sites for hydroxylation is 1. The zero-order valence-electron chi connectivity index (χ0n) is 16.0. The van der Waals surface area contributed by atoms with Gasteiger partial charge in [-0.1, -0.05) is 29.6 Å². The predicted molar refractivity (Wildman–Crippen MR) is 117 cm³/mol. The van der Waals surface area contributed by atoms with Crippen LogP contribution < -0.4 is 5.32 Å². The van der Waals surface area contributed by atoms with Crippen molar-refractivity contribution in [1.82, 2.24) is 14.8 Å². The van der Waals surface area contributed by atoms with Gasteiger partial charge in [-0.15, -0.1) is 10.2 Å². The van der Waals surface area contributed by atoms with Crippen molar-refractivity contribution < 1.29 is 9.21 Å². The molecule has 0 spiro atoms. The van der Waals surface area contributed by atoms with Crippen molar-refractivity contribution in [3.63, 3.8) is 0 Å². The van der Waals surface area contributed by atoms with Crippen LogP contribution >= 0.6 is 23.2 Å². The van der Waals surface area contributed by atoms with Crippen LogP contribution in [0.15, 0.2) is 46.9 Å². The fourth-order valence-corrected chi connectivity index (χ4v) is 4.16. The molecule has 1 N–H and O–H groups in total. The highest BCUT2D eigenvalue weighted by Crippen LogP contribution is 2.32. The van der Waals surface area contributed by atoms with Gasteiger partial charge in [-0.05, 0) is 55.3 Å². The zero-order valence-corrected chi connectivity index (χ0v) is 17.5. The average molecular weight is 441 g/mol. The van der Waals surface area contributed by atoms with E-state index in [0.29, 0.717) is 21.3 Å². The lowest BCUT2D eigenvalue weighted by Crippen LogP contribution is -2.11. The van der Waals surface area contributed by atoms with Crippen molar-refractivity contribution >= 4 is 45.8 Å². The highest BCUT2D eigenvalue weighted by molar-refractivity contribution is 6.33. The Bertz CT molecular complexity index is 1260. The number of hydrogen-bond acceptors (Lipinski definition) is 4. The van der Waals surface area contributed by atoms with E-state index >= 15 is 0 Å². The quantitative estimate of drug-likeness (QED) is 0.425. The van der Waals surface area contributed by atoms with Gasteiger partial charge in [0.1, 0.15) is 11.4 Å². The molecule has 5 rings (SSSR count). The second kappa shape index (κ2) is 7.78. The normalized spacial score (nSPS) is 13.8. The molecule has 0 aliphatic carbocycles. The fourth-order valence-electron chi connectivity index (χ4n) is 3.78. The van der Waals surface area contributed by atoms with Crippen molar-refractivity contribution in [3.8, 4) is 11.4 Å². The van der Waals surface area contributed by atoms with Gasteiger partial charge in [0.15, 0.2) is 11.6 Å². The van der Waals surface area contributed by atoms with Crippen molar-refractivity contribution in [3.05, 3.63) is 64.1 Å². The van der Waals surface area contributed by atoms with E-state index in [-0.39, 0.29) is 11.7 Å². The van der Waals surface area contributed by atoms with Crippen molar-refractivity contribution in [2.24, 2.45) is 0 Å². The number of furan rings is 1. The third kappa shape index (κ3) is 3.57. The largest absolute Gasteiger partial charge is 0.451 e. The topological polar surface area (TPSA) is 73.0 Å². The Labute approximate surface area is 182 Å². The molecule has 0 fully saturated rings. The fraction of sp³-hybridized carbons (Fsp3) is 0.227. The summed E-state index contributed by atoms with van der Waals surface area (Å²) in [5.74, 6) is 1.57. The summed E-state index contributed by atoms with van der Waals surface area (Å²) in [5.41, 5.74) is 1.95. The van der Waals surface area contributed by atoms with Gasteiger partial charge in [0.2, 0.25) is 0 Å². The van der Waals surface area contributed by atoms with Crippen LogP contribution in [-0.2, 0) is 13.0 Å². The summed E-state index contributed by atoms with van der Waals surface area (Å²) in [7, 11) is 0. The zero-order chi connectivity index (χ0) is 20.7. The Kier molecular flexibility index (Phi) is 4.97. The number of amides is 1. The molecule has 4 aromatic rings. The SMILES string of the molecule is O=C(Nc1ccc(Cl)c(-c2nnc3n2CCCCC3)c1)c1cc2cc(Cl)ccc2o1. The minimum Gasteiger partial charge on any atom is -0.451 e. The first-order valence-electron chi connectivity index (χ1n) is 9.81. The lowest BCUT2D eigenvalue weighted by molar-refractivity contribution is 0.0998. The second-order valence-corrected chi connectivity index (χ2v) is 8.19. The number of aromatic nitrogens is 3. The predicted octanol–water partition coefficient (Wildman–Crippen LogP) is 5.98. The number of carbonyl (C=O) groups is 1. The summed E-state index contributed by atoms with van der Waals surface area (Å²) in [4.78, 5) is 12.7. The monoisotopic (exact) mass is 440 g/mol. The third-order valence-electron chi connectivity index (χ3n) is 5.28. The van der Waals surface area contributed by atoms with Crippen LogP contribution in [0.5, 0.6) is 0 Å². The van der Waals surface area contributed by atoms with Crippen LogP contribution in [0.4, 0.5) is 5.69 Å². The number of rotatable bonds is 3. The summed E-state index contributed by atoms with van der Waals surface area (Å²) in [6.45, 7) is 0.867. The maximum absolute atomic E-state index is 12.7. The van der Waals surface area contributed by atoms with Gasteiger partial charge in [0, 0.05) is 34.6 Å². The molecule has 8 heteroatoms. The van der Waals surface area contributed by atoms with Crippen molar-refractivity contribution in [2.45, 2.75) is 32.2 Å². The molecule has 2 aromatic heterocycles. The number of benzene rings is 2. The van der Waals surface area contributed by atoms with Crippen LogP contribution in [0, 0.1) is 0 Å². The molecule has 6 nitrogen and oxygen atoms in total. The number of fused-ring (bicyclic) bond motifs is 2. The molecule has 30 heavy (non-hydrogen) atoms. The molecule has 1 aliphatic rings. The van der Waals surface area contributed by atoms with E-state index in [4.69, 9.17) is 27.6 Å². The molecule has 3 heterocycles. The number of carbonyl (C=O) groups excluding carboxylic acids is 1. The maximum Gasteiger partial charge on any atom is 0.291 e. The first kappa shape index (κ1) is 19.2. The molecule has 0 radical (unpaired) electrons. The lowest BCUT2D eigenvalue weighted by atomic mass is 10.1. The molecule has 0 saturated heterocycles. The van der Waals surface area contributed by atoms with Gasteiger partial charge in [-0.2, -0.15) is 0 Å². The summed E-state index contributed by atoms with van der Waals surface area (Å²) in [6.07, 6.45) is 4.29. The number of nitrogens with one attached hydrogen (secondary N) is 1. The van der Waals surface area contributed by atoms with Gasteiger partial charge >= 0.3 is 0 Å². The summed E-state index contributed by atoms with van der Waals surface area (Å²) < 4.78 is 7.78. The summed E-state index contributed by atoms with van der Waals surface area (Å²) >= 11 is 12.5. The minimum absolute atomic E-state index is 0.208. The Morgan fingerprint density at radius 1 is 1.03 bits per heavy atom. The Morgan fingerprint density at radius 2 is 1.93 bits per heavy atom. The van der Waals surface area contributed by atoms with Crippen LogP contribution in [0.3, 0.4) is 0 Å². The summed E-state index contributed by atoms with van der Waals surface area (Å²) in [6, 6.07) is 12.2. The number of anilines is 1. The van der Waals surface area contributed by atoms with Crippen LogP contribution in [0.2, 0.25) is 10.0 Å². The van der Waals surface area contributed by atoms with Gasteiger partial charge < -0.3 is 14.3 Å².